The van der Waals surface area contributed by atoms with Gasteiger partial charge < -0.3 is 15.5 Å². The van der Waals surface area contributed by atoms with Gasteiger partial charge >= 0.3 is 0 Å². The highest BCUT2D eigenvalue weighted by Crippen LogP contribution is 2.10. The maximum atomic E-state index is 11.7. The number of nitrogens with one attached hydrogen (secondary N) is 2. The largest absolute Gasteiger partial charge is 0.356 e. The number of aliphatic imine (C=N–C) groups is 1. The Kier molecular flexibility index (Phi) is 8.36. The number of likely N-dealkylation sites (N-methyl/N-ethyl adjacent to an activating group) is 1. The smallest absolute Gasteiger partial charge is 0.241 e. The number of carbonyl (C=O) groups excluding carboxylic acids is 1. The monoisotopic (exact) mass is 324 g/mol. The third kappa shape index (κ3) is 7.31. The lowest BCUT2D eigenvalue weighted by Gasteiger charge is -2.14. The summed E-state index contributed by atoms with van der Waals surface area (Å²) < 4.78 is 0. The van der Waals surface area contributed by atoms with Crippen molar-refractivity contribution in [1.29, 1.82) is 0 Å². The summed E-state index contributed by atoms with van der Waals surface area (Å²) in [6.45, 7) is 3.73. The van der Waals surface area contributed by atoms with Crippen molar-refractivity contribution < 1.29 is 4.79 Å². The van der Waals surface area contributed by atoms with Crippen LogP contribution in [0.4, 0.5) is 0 Å². The van der Waals surface area contributed by atoms with E-state index in [9.17, 15) is 4.79 Å². The van der Waals surface area contributed by atoms with E-state index in [0.29, 0.717) is 17.5 Å². The van der Waals surface area contributed by atoms with Crippen molar-refractivity contribution in [3.63, 3.8) is 0 Å². The van der Waals surface area contributed by atoms with Gasteiger partial charge in [0, 0.05) is 25.7 Å². The van der Waals surface area contributed by atoms with E-state index in [4.69, 9.17) is 11.6 Å². The molecule has 0 aliphatic rings. The zero-order valence-electron chi connectivity index (χ0n) is 13.5. The summed E-state index contributed by atoms with van der Waals surface area (Å²) in [6, 6.07) is 7.58. The van der Waals surface area contributed by atoms with E-state index < -0.39 is 0 Å². The Morgan fingerprint density at radius 3 is 2.50 bits per heavy atom. The number of benzene rings is 1. The average Bonchev–Trinajstić information content (AvgIpc) is 2.50. The Balaban J connectivity index is 2.60. The van der Waals surface area contributed by atoms with E-state index >= 15 is 0 Å². The van der Waals surface area contributed by atoms with Gasteiger partial charge in [-0.1, -0.05) is 37.1 Å². The van der Waals surface area contributed by atoms with Gasteiger partial charge in [-0.3, -0.25) is 4.79 Å². The standard InChI is InChI=1S/C16H25ClN4O/c1-4-5-10-18-16(20-12-15(22)21(2)3)19-11-13-6-8-14(17)9-7-13/h6-9H,4-5,10-12H2,1-3H3,(H2,18,19,20). The molecule has 0 aromatic heterocycles. The predicted molar refractivity (Wildman–Crippen MR) is 92.2 cm³/mol. The molecule has 0 heterocycles. The van der Waals surface area contributed by atoms with Crippen LogP contribution in [-0.4, -0.2) is 44.0 Å². The average molecular weight is 325 g/mol. The van der Waals surface area contributed by atoms with Crippen molar-refractivity contribution in [2.45, 2.75) is 26.3 Å². The fourth-order valence-electron chi connectivity index (χ4n) is 1.64. The van der Waals surface area contributed by atoms with Gasteiger partial charge in [0.15, 0.2) is 5.96 Å². The zero-order chi connectivity index (χ0) is 16.4. The van der Waals surface area contributed by atoms with Crippen LogP contribution in [0.2, 0.25) is 5.02 Å². The van der Waals surface area contributed by atoms with Gasteiger partial charge in [0.25, 0.3) is 0 Å². The first-order chi connectivity index (χ1) is 10.5. The lowest BCUT2D eigenvalue weighted by molar-refractivity contribution is -0.127. The molecule has 6 heteroatoms. The van der Waals surface area contributed by atoms with E-state index in [-0.39, 0.29) is 12.5 Å². The maximum absolute atomic E-state index is 11.7. The van der Waals surface area contributed by atoms with Crippen molar-refractivity contribution in [2.24, 2.45) is 4.99 Å². The minimum atomic E-state index is 0.0106. The van der Waals surface area contributed by atoms with Gasteiger partial charge in [0.1, 0.15) is 0 Å². The summed E-state index contributed by atoms with van der Waals surface area (Å²) in [4.78, 5) is 17.7. The minimum Gasteiger partial charge on any atom is -0.356 e. The first-order valence-corrected chi connectivity index (χ1v) is 7.87. The highest BCUT2D eigenvalue weighted by molar-refractivity contribution is 6.30. The molecule has 0 spiro atoms. The number of amides is 1. The molecule has 0 atom stereocenters. The third-order valence-electron chi connectivity index (χ3n) is 3.06. The zero-order valence-corrected chi connectivity index (χ0v) is 14.3. The normalized spacial score (nSPS) is 11.2. The molecule has 5 nitrogen and oxygen atoms in total. The molecule has 2 N–H and O–H groups in total. The van der Waals surface area contributed by atoms with E-state index in [1.54, 1.807) is 19.0 Å². The quantitative estimate of drug-likeness (QED) is 0.459. The molecule has 1 aromatic carbocycles. The predicted octanol–water partition coefficient (Wildman–Crippen LogP) is 2.26. The van der Waals surface area contributed by atoms with Crippen LogP contribution in [0.3, 0.4) is 0 Å². The van der Waals surface area contributed by atoms with Crippen molar-refractivity contribution in [3.05, 3.63) is 34.9 Å². The SMILES string of the molecule is CCCCNC(=NCc1ccc(Cl)cc1)NCC(=O)N(C)C. The molecule has 0 aliphatic heterocycles. The number of rotatable bonds is 7. The molecule has 0 bridgehead atoms. The van der Waals surface area contributed by atoms with Gasteiger partial charge in [-0.15, -0.1) is 0 Å². The van der Waals surface area contributed by atoms with Crippen molar-refractivity contribution in [2.75, 3.05) is 27.2 Å². The lowest BCUT2D eigenvalue weighted by atomic mass is 10.2. The second-order valence-corrected chi connectivity index (χ2v) is 5.65. The van der Waals surface area contributed by atoms with Gasteiger partial charge in [-0.05, 0) is 24.1 Å². The molecule has 0 fully saturated rings. The van der Waals surface area contributed by atoms with E-state index in [2.05, 4.69) is 22.5 Å². The number of unbranched alkanes of at least 4 members (excludes halogenated alkanes) is 1. The molecule has 0 aliphatic carbocycles. The maximum Gasteiger partial charge on any atom is 0.241 e. The van der Waals surface area contributed by atoms with Gasteiger partial charge in [0.05, 0.1) is 13.1 Å². The second kappa shape index (κ2) is 10.1. The molecule has 0 radical (unpaired) electrons. The fraction of sp³-hybridized carbons (Fsp3) is 0.500. The van der Waals surface area contributed by atoms with E-state index in [0.717, 1.165) is 24.9 Å². The molecule has 22 heavy (non-hydrogen) atoms. The lowest BCUT2D eigenvalue weighted by Crippen LogP contribution is -2.43. The Labute approximate surface area is 137 Å². The third-order valence-corrected chi connectivity index (χ3v) is 3.31. The van der Waals surface area contributed by atoms with Crippen LogP contribution < -0.4 is 10.6 Å². The fourth-order valence-corrected chi connectivity index (χ4v) is 1.76. The van der Waals surface area contributed by atoms with Gasteiger partial charge in [0.2, 0.25) is 5.91 Å². The molecule has 122 valence electrons. The topological polar surface area (TPSA) is 56.7 Å². The van der Waals surface area contributed by atoms with Crippen molar-refractivity contribution >= 4 is 23.5 Å². The van der Waals surface area contributed by atoms with E-state index in [1.165, 1.54) is 0 Å². The Hall–Kier alpha value is -1.75. The molecule has 1 amide bonds. The van der Waals surface area contributed by atoms with Crippen LogP contribution in [0.15, 0.2) is 29.3 Å². The van der Waals surface area contributed by atoms with Crippen LogP contribution in [0.5, 0.6) is 0 Å². The molecule has 1 rings (SSSR count). The molecular weight excluding hydrogens is 300 g/mol. The highest BCUT2D eigenvalue weighted by atomic mass is 35.5. The summed E-state index contributed by atoms with van der Waals surface area (Å²) in [7, 11) is 3.47. The molecule has 0 saturated carbocycles. The number of hydrogen-bond donors (Lipinski definition) is 2. The van der Waals surface area contributed by atoms with Crippen LogP contribution in [0, 0.1) is 0 Å². The first kappa shape index (κ1) is 18.3. The van der Waals surface area contributed by atoms with Crippen LogP contribution >= 0.6 is 11.6 Å². The Morgan fingerprint density at radius 2 is 1.91 bits per heavy atom. The van der Waals surface area contributed by atoms with Crippen LogP contribution in [-0.2, 0) is 11.3 Å². The number of guanidine groups is 1. The number of nitrogens with zero attached hydrogens (tertiary/aromatic N) is 2. The van der Waals surface area contributed by atoms with Gasteiger partial charge in [-0.2, -0.15) is 0 Å². The second-order valence-electron chi connectivity index (χ2n) is 5.21. The number of halogens is 1. The minimum absolute atomic E-state index is 0.0106. The van der Waals surface area contributed by atoms with Crippen LogP contribution in [0.25, 0.3) is 0 Å². The molecule has 1 aromatic rings. The van der Waals surface area contributed by atoms with Gasteiger partial charge in [-0.25, -0.2) is 4.99 Å². The molecule has 0 unspecified atom stereocenters. The number of hydrogen-bond acceptors (Lipinski definition) is 2. The highest BCUT2D eigenvalue weighted by Gasteiger charge is 2.05. The summed E-state index contributed by atoms with van der Waals surface area (Å²) in [5, 5.41) is 7.01. The first-order valence-electron chi connectivity index (χ1n) is 7.49. The summed E-state index contributed by atoms with van der Waals surface area (Å²) >= 11 is 5.87. The van der Waals surface area contributed by atoms with Crippen LogP contribution in [0.1, 0.15) is 25.3 Å². The summed E-state index contributed by atoms with van der Waals surface area (Å²) in [5.74, 6) is 0.662. The molecular formula is C16H25ClN4O. The van der Waals surface area contributed by atoms with Crippen molar-refractivity contribution in [3.8, 4) is 0 Å². The van der Waals surface area contributed by atoms with E-state index in [1.807, 2.05) is 24.3 Å². The Bertz CT molecular complexity index is 485. The summed E-state index contributed by atoms with van der Waals surface area (Å²) in [6.07, 6.45) is 2.16. The Morgan fingerprint density at radius 1 is 1.23 bits per heavy atom. The number of carbonyl (C=O) groups is 1. The van der Waals surface area contributed by atoms with Crippen molar-refractivity contribution in [1.82, 2.24) is 15.5 Å². The summed E-state index contributed by atoms with van der Waals surface area (Å²) in [5.41, 5.74) is 1.07. The molecule has 0 saturated heterocycles.